The Morgan fingerprint density at radius 2 is 1.13 bits per heavy atom. The summed E-state index contributed by atoms with van der Waals surface area (Å²) in [7, 11) is 1.66. The molecule has 4 rings (SSSR count). The van der Waals surface area contributed by atoms with Gasteiger partial charge in [-0.2, -0.15) is 0 Å². The lowest BCUT2D eigenvalue weighted by Crippen LogP contribution is -2.07. The van der Waals surface area contributed by atoms with Gasteiger partial charge < -0.3 is 4.74 Å². The first-order valence-corrected chi connectivity index (χ1v) is 13.0. The zero-order valence-electron chi connectivity index (χ0n) is 23.4. The Hall–Kier alpha value is -4.05. The molecule has 0 heterocycles. The molecule has 0 N–H and O–H groups in total. The molecule has 0 fully saturated rings. The second-order valence-electron chi connectivity index (χ2n) is 8.96. The summed E-state index contributed by atoms with van der Waals surface area (Å²) in [6.07, 6.45) is 0. The second kappa shape index (κ2) is 14.6. The zero-order chi connectivity index (χ0) is 28.2. The molecule has 4 nitrogen and oxygen atoms in total. The highest BCUT2D eigenvalue weighted by Crippen LogP contribution is 2.25. The van der Waals surface area contributed by atoms with Crippen LogP contribution in [0.2, 0.25) is 0 Å². The van der Waals surface area contributed by atoms with Gasteiger partial charge in [0.05, 0.1) is 7.11 Å². The minimum absolute atomic E-state index is 0.0156. The van der Waals surface area contributed by atoms with Gasteiger partial charge in [-0.1, -0.05) is 100 Å². The van der Waals surface area contributed by atoms with E-state index in [0.29, 0.717) is 11.1 Å². The lowest BCUT2D eigenvalue weighted by Gasteiger charge is -2.09. The third-order valence-corrected chi connectivity index (χ3v) is 6.48. The summed E-state index contributed by atoms with van der Waals surface area (Å²) < 4.78 is 5.18. The average molecular weight is 511 g/mol. The molecule has 38 heavy (non-hydrogen) atoms. The molecule has 0 radical (unpaired) electrons. The van der Waals surface area contributed by atoms with E-state index in [4.69, 9.17) is 4.74 Å². The first kappa shape index (κ1) is 30.2. The maximum absolute atomic E-state index is 12.3. The standard InChI is InChI=1S/C17H16O2.C15H16O2.C2H6/c1-12(13(2)18)15-9-6-10-16(11-15)17(19)14-7-4-3-5-8-14;1-10(11(2)16)12-4-5-14-9-15(17-3)7-6-13(14)8-12;1-2/h3-12H,1-2H3;4-10H,1-3H3;1-2H3/t;10-;/m.1./s1. The number of carbonyl (C=O) groups is 3. The van der Waals surface area contributed by atoms with E-state index in [1.54, 1.807) is 45.2 Å². The molecule has 0 aliphatic carbocycles. The molecule has 198 valence electrons. The van der Waals surface area contributed by atoms with E-state index in [1.807, 2.05) is 88.4 Å². The molecule has 1 unspecified atom stereocenters. The van der Waals surface area contributed by atoms with Crippen LogP contribution < -0.4 is 4.74 Å². The third kappa shape index (κ3) is 7.97. The van der Waals surface area contributed by atoms with E-state index in [9.17, 15) is 14.4 Å². The van der Waals surface area contributed by atoms with Crippen molar-refractivity contribution in [3.05, 3.63) is 113 Å². The number of benzene rings is 4. The monoisotopic (exact) mass is 510 g/mol. The molecule has 0 bridgehead atoms. The molecule has 0 saturated carbocycles. The minimum atomic E-state index is -0.177. The first-order valence-electron chi connectivity index (χ1n) is 13.0. The van der Waals surface area contributed by atoms with Crippen molar-refractivity contribution < 1.29 is 19.1 Å². The molecule has 4 heteroatoms. The fourth-order valence-electron chi connectivity index (χ4n) is 3.81. The van der Waals surface area contributed by atoms with Gasteiger partial charge in [-0.05, 0) is 53.9 Å². The summed E-state index contributed by atoms with van der Waals surface area (Å²) in [6.45, 7) is 11.0. The third-order valence-electron chi connectivity index (χ3n) is 6.48. The summed E-state index contributed by atoms with van der Waals surface area (Å²) in [5.41, 5.74) is 3.23. The molecule has 0 spiro atoms. The smallest absolute Gasteiger partial charge is 0.193 e. The quantitative estimate of drug-likeness (QED) is 0.235. The second-order valence-corrected chi connectivity index (χ2v) is 8.96. The Labute approximate surface area is 226 Å². The maximum atomic E-state index is 12.3. The number of methoxy groups -OCH3 is 1. The highest BCUT2D eigenvalue weighted by Gasteiger charge is 2.14. The van der Waals surface area contributed by atoms with Crippen molar-refractivity contribution in [1.29, 1.82) is 0 Å². The van der Waals surface area contributed by atoms with E-state index in [0.717, 1.165) is 27.6 Å². The molecule has 0 aliphatic rings. The van der Waals surface area contributed by atoms with E-state index < -0.39 is 0 Å². The van der Waals surface area contributed by atoms with Crippen molar-refractivity contribution in [2.45, 2.75) is 53.4 Å². The van der Waals surface area contributed by atoms with Crippen molar-refractivity contribution in [2.24, 2.45) is 0 Å². The van der Waals surface area contributed by atoms with Crippen molar-refractivity contribution >= 4 is 28.1 Å². The van der Waals surface area contributed by atoms with Crippen LogP contribution in [-0.2, 0) is 9.59 Å². The summed E-state index contributed by atoms with van der Waals surface area (Å²) in [5, 5.41) is 2.26. The summed E-state index contributed by atoms with van der Waals surface area (Å²) in [5.74, 6) is 0.912. The van der Waals surface area contributed by atoms with Gasteiger partial charge in [0.1, 0.15) is 17.3 Å². The number of Topliss-reactive ketones (excluding diaryl/α,β-unsaturated/α-hetero) is 2. The molecule has 0 aromatic heterocycles. The fraction of sp³-hybridized carbons (Fsp3) is 0.265. The van der Waals surface area contributed by atoms with Crippen LogP contribution in [0, 0.1) is 0 Å². The van der Waals surface area contributed by atoms with Gasteiger partial charge in [-0.25, -0.2) is 0 Å². The molecule has 4 aromatic carbocycles. The first-order chi connectivity index (χ1) is 18.2. The largest absolute Gasteiger partial charge is 0.497 e. The van der Waals surface area contributed by atoms with Gasteiger partial charge in [0.15, 0.2) is 5.78 Å². The number of rotatable bonds is 7. The number of ketones is 3. The Bertz CT molecular complexity index is 1370. The van der Waals surface area contributed by atoms with E-state index in [2.05, 4.69) is 6.07 Å². The van der Waals surface area contributed by atoms with Crippen LogP contribution >= 0.6 is 0 Å². The van der Waals surface area contributed by atoms with E-state index in [1.165, 1.54) is 0 Å². The number of hydrogen-bond acceptors (Lipinski definition) is 4. The van der Waals surface area contributed by atoms with Crippen molar-refractivity contribution in [3.63, 3.8) is 0 Å². The van der Waals surface area contributed by atoms with Crippen molar-refractivity contribution in [2.75, 3.05) is 7.11 Å². The topological polar surface area (TPSA) is 60.4 Å². The van der Waals surface area contributed by atoms with Crippen LogP contribution in [0.3, 0.4) is 0 Å². The number of ether oxygens (including phenoxy) is 1. The molecular weight excluding hydrogens is 472 g/mol. The predicted molar refractivity (Wildman–Crippen MR) is 156 cm³/mol. The Balaban J connectivity index is 0.000000252. The maximum Gasteiger partial charge on any atom is 0.193 e. The highest BCUT2D eigenvalue weighted by atomic mass is 16.5. The summed E-state index contributed by atoms with van der Waals surface area (Å²) in [6, 6.07) is 28.5. The van der Waals surface area contributed by atoms with Gasteiger partial charge in [0.2, 0.25) is 0 Å². The van der Waals surface area contributed by atoms with Crippen LogP contribution in [0.1, 0.15) is 80.4 Å². The Morgan fingerprint density at radius 1 is 0.605 bits per heavy atom. The fourth-order valence-corrected chi connectivity index (χ4v) is 3.81. The Kier molecular flexibility index (Phi) is 11.6. The van der Waals surface area contributed by atoms with Crippen LogP contribution in [0.4, 0.5) is 0 Å². The van der Waals surface area contributed by atoms with Gasteiger partial charge in [-0.3, -0.25) is 14.4 Å². The average Bonchev–Trinajstić information content (AvgIpc) is 2.97. The predicted octanol–water partition coefficient (Wildman–Crippen LogP) is 8.18. The zero-order valence-corrected chi connectivity index (χ0v) is 23.4. The number of hydrogen-bond donors (Lipinski definition) is 0. The van der Waals surface area contributed by atoms with Gasteiger partial charge in [-0.15, -0.1) is 0 Å². The van der Waals surface area contributed by atoms with Crippen LogP contribution in [0.25, 0.3) is 10.8 Å². The number of fused-ring (bicyclic) bond motifs is 1. The summed E-state index contributed by atoms with van der Waals surface area (Å²) >= 11 is 0. The molecular formula is C34H38O4. The molecule has 0 saturated heterocycles. The lowest BCUT2D eigenvalue weighted by molar-refractivity contribution is -0.118. The molecule has 0 aliphatic heterocycles. The normalized spacial score (nSPS) is 11.7. The summed E-state index contributed by atoms with van der Waals surface area (Å²) in [4.78, 5) is 35.1. The van der Waals surface area contributed by atoms with Crippen LogP contribution in [-0.4, -0.2) is 24.5 Å². The van der Waals surface area contributed by atoms with Gasteiger partial charge in [0, 0.05) is 23.0 Å². The highest BCUT2D eigenvalue weighted by molar-refractivity contribution is 6.09. The van der Waals surface area contributed by atoms with E-state index in [-0.39, 0.29) is 29.2 Å². The Morgan fingerprint density at radius 3 is 1.71 bits per heavy atom. The van der Waals surface area contributed by atoms with E-state index >= 15 is 0 Å². The SMILES string of the molecule is CC.CC(=O)C(C)c1cccc(C(=O)c2ccccc2)c1.COc1ccc2cc([C@H](C)C(C)=O)ccc2c1. The molecule has 2 atom stereocenters. The van der Waals surface area contributed by atoms with Gasteiger partial charge >= 0.3 is 0 Å². The minimum Gasteiger partial charge on any atom is -0.497 e. The molecule has 4 aromatic rings. The van der Waals surface area contributed by atoms with Crippen LogP contribution in [0.15, 0.2) is 91.0 Å². The van der Waals surface area contributed by atoms with Crippen molar-refractivity contribution in [1.82, 2.24) is 0 Å². The van der Waals surface area contributed by atoms with Gasteiger partial charge in [0.25, 0.3) is 0 Å². The van der Waals surface area contributed by atoms with Crippen LogP contribution in [0.5, 0.6) is 5.75 Å². The molecule has 0 amide bonds. The lowest BCUT2D eigenvalue weighted by atomic mass is 9.94. The number of carbonyl (C=O) groups excluding carboxylic acids is 3. The van der Waals surface area contributed by atoms with Crippen molar-refractivity contribution in [3.8, 4) is 5.75 Å².